The maximum absolute atomic E-state index is 12.4. The molecule has 0 bridgehead atoms. The Kier molecular flexibility index (Phi) is 13.9. The average molecular weight is 519 g/mol. The zero-order chi connectivity index (χ0) is 19.6. The normalized spacial score (nSPS) is 16.7. The van der Waals surface area contributed by atoms with E-state index in [2.05, 4.69) is 29.1 Å². The molecule has 9 heteroatoms. The van der Waals surface area contributed by atoms with Crippen LogP contribution in [-0.2, 0) is 14.8 Å². The smallest absolute Gasteiger partial charge is 0.216 e. The van der Waals surface area contributed by atoms with Crippen molar-refractivity contribution < 1.29 is 13.2 Å². The van der Waals surface area contributed by atoms with Crippen molar-refractivity contribution in [1.29, 1.82) is 0 Å². The molecule has 0 atom stereocenters. The zero-order valence-electron chi connectivity index (χ0n) is 17.6. The number of nitrogens with zero attached hydrogens (tertiary/aromatic N) is 3. The highest BCUT2D eigenvalue weighted by Gasteiger charge is 2.27. The molecule has 1 N–H and O–H groups in total. The quantitative estimate of drug-likeness (QED) is 0.208. The summed E-state index contributed by atoms with van der Waals surface area (Å²) in [5.74, 6) is 1.67. The van der Waals surface area contributed by atoms with Gasteiger partial charge < -0.3 is 15.0 Å². The summed E-state index contributed by atoms with van der Waals surface area (Å²) in [7, 11) is -1.47. The number of halogens is 1. The fraction of sp³-hybridized carbons (Fsp3) is 0.944. The van der Waals surface area contributed by atoms with Crippen LogP contribution in [0.25, 0.3) is 0 Å². The molecule has 1 rings (SSSR count). The van der Waals surface area contributed by atoms with Gasteiger partial charge in [0.05, 0.1) is 18.5 Å². The van der Waals surface area contributed by atoms with Crippen molar-refractivity contribution in [2.75, 3.05) is 52.1 Å². The topological polar surface area (TPSA) is 74.2 Å². The SMILES string of the molecule is CN=C(NCCCCC(C)C)N1CCN(S(=O)(=O)CCOC(C)C)CC1.I. The maximum Gasteiger partial charge on any atom is 0.216 e. The number of unbranched alkanes of at least 4 members (excludes halogenated alkanes) is 1. The first-order valence-electron chi connectivity index (χ1n) is 9.81. The van der Waals surface area contributed by atoms with E-state index < -0.39 is 10.0 Å². The van der Waals surface area contributed by atoms with E-state index in [1.807, 2.05) is 13.8 Å². The Balaban J connectivity index is 0.00000676. The molecule has 0 radical (unpaired) electrons. The molecule has 1 saturated heterocycles. The Morgan fingerprint density at radius 1 is 1.11 bits per heavy atom. The molecule has 0 spiro atoms. The standard InChI is InChI=1S/C18H38N4O3S.HI/c1-16(2)8-6-7-9-20-18(19-5)21-10-12-22(13-11-21)26(23,24)15-14-25-17(3)4;/h16-17H,6-15H2,1-5H3,(H,19,20);1H. The van der Waals surface area contributed by atoms with E-state index in [-0.39, 0.29) is 42.4 Å². The third-order valence-electron chi connectivity index (χ3n) is 4.43. The minimum Gasteiger partial charge on any atom is -0.378 e. The second-order valence-corrected chi connectivity index (χ2v) is 9.57. The first-order valence-corrected chi connectivity index (χ1v) is 11.4. The van der Waals surface area contributed by atoms with Gasteiger partial charge in [0.25, 0.3) is 0 Å². The fourth-order valence-electron chi connectivity index (χ4n) is 2.91. The summed E-state index contributed by atoms with van der Waals surface area (Å²) in [6.07, 6.45) is 3.64. The van der Waals surface area contributed by atoms with Gasteiger partial charge in [-0.2, -0.15) is 4.31 Å². The van der Waals surface area contributed by atoms with E-state index in [4.69, 9.17) is 4.74 Å². The third-order valence-corrected chi connectivity index (χ3v) is 6.26. The van der Waals surface area contributed by atoms with Crippen LogP contribution >= 0.6 is 24.0 Å². The summed E-state index contributed by atoms with van der Waals surface area (Å²) in [4.78, 5) is 6.48. The van der Waals surface area contributed by atoms with Crippen molar-refractivity contribution >= 4 is 40.0 Å². The van der Waals surface area contributed by atoms with Gasteiger partial charge in [-0.3, -0.25) is 4.99 Å². The third kappa shape index (κ3) is 10.8. The molecule has 162 valence electrons. The molecule has 0 aliphatic carbocycles. The van der Waals surface area contributed by atoms with E-state index in [1.165, 1.54) is 12.8 Å². The number of sulfonamides is 1. The highest BCUT2D eigenvalue weighted by atomic mass is 127. The Morgan fingerprint density at radius 2 is 1.74 bits per heavy atom. The number of hydrogen-bond acceptors (Lipinski definition) is 4. The van der Waals surface area contributed by atoms with Crippen molar-refractivity contribution in [2.45, 2.75) is 53.1 Å². The monoisotopic (exact) mass is 518 g/mol. The first-order chi connectivity index (χ1) is 12.3. The number of ether oxygens (including phenoxy) is 1. The largest absolute Gasteiger partial charge is 0.378 e. The Labute approximate surface area is 183 Å². The molecule has 1 heterocycles. The number of hydrogen-bond donors (Lipinski definition) is 1. The molecule has 27 heavy (non-hydrogen) atoms. The molecule has 0 unspecified atom stereocenters. The number of rotatable bonds is 10. The van der Waals surface area contributed by atoms with Gasteiger partial charge in [-0.15, -0.1) is 24.0 Å². The van der Waals surface area contributed by atoms with Gasteiger partial charge in [0, 0.05) is 39.8 Å². The van der Waals surface area contributed by atoms with Crippen molar-refractivity contribution in [3.63, 3.8) is 0 Å². The summed E-state index contributed by atoms with van der Waals surface area (Å²) < 4.78 is 31.7. The predicted molar refractivity (Wildman–Crippen MR) is 123 cm³/mol. The Morgan fingerprint density at radius 3 is 2.26 bits per heavy atom. The molecule has 1 fully saturated rings. The van der Waals surface area contributed by atoms with Crippen LogP contribution in [-0.4, -0.2) is 81.8 Å². The molecule has 0 aromatic heterocycles. The van der Waals surface area contributed by atoms with Gasteiger partial charge in [-0.05, 0) is 26.2 Å². The average Bonchev–Trinajstić information content (AvgIpc) is 2.57. The number of nitrogens with one attached hydrogen (secondary N) is 1. The lowest BCUT2D eigenvalue weighted by molar-refractivity contribution is 0.0904. The summed E-state index contributed by atoms with van der Waals surface area (Å²) in [5, 5.41) is 3.40. The van der Waals surface area contributed by atoms with Gasteiger partial charge in [0.15, 0.2) is 5.96 Å². The molecule has 0 aromatic carbocycles. The summed E-state index contributed by atoms with van der Waals surface area (Å²) in [6, 6.07) is 0. The van der Waals surface area contributed by atoms with E-state index in [0.29, 0.717) is 26.2 Å². The molecular weight excluding hydrogens is 479 g/mol. The van der Waals surface area contributed by atoms with Gasteiger partial charge >= 0.3 is 0 Å². The highest BCUT2D eigenvalue weighted by Crippen LogP contribution is 2.09. The van der Waals surface area contributed by atoms with Crippen LogP contribution in [0.1, 0.15) is 47.0 Å². The van der Waals surface area contributed by atoms with E-state index in [0.717, 1.165) is 24.8 Å². The van der Waals surface area contributed by atoms with Gasteiger partial charge in [0.2, 0.25) is 10.0 Å². The van der Waals surface area contributed by atoms with Crippen LogP contribution in [0.5, 0.6) is 0 Å². The number of aliphatic imine (C=N–C) groups is 1. The second-order valence-electron chi connectivity index (χ2n) is 7.49. The van der Waals surface area contributed by atoms with E-state index >= 15 is 0 Å². The van der Waals surface area contributed by atoms with Gasteiger partial charge in [-0.1, -0.05) is 26.7 Å². The van der Waals surface area contributed by atoms with Crippen molar-refractivity contribution in [1.82, 2.24) is 14.5 Å². The van der Waals surface area contributed by atoms with Gasteiger partial charge in [-0.25, -0.2) is 8.42 Å². The van der Waals surface area contributed by atoms with Crippen LogP contribution in [0, 0.1) is 5.92 Å². The summed E-state index contributed by atoms with van der Waals surface area (Å²) >= 11 is 0. The molecule has 7 nitrogen and oxygen atoms in total. The summed E-state index contributed by atoms with van der Waals surface area (Å²) in [5.41, 5.74) is 0. The number of guanidine groups is 1. The summed E-state index contributed by atoms with van der Waals surface area (Å²) in [6.45, 7) is 11.8. The lowest BCUT2D eigenvalue weighted by atomic mass is 10.1. The minimum absolute atomic E-state index is 0. The molecule has 0 saturated carbocycles. The van der Waals surface area contributed by atoms with Crippen LogP contribution in [0.3, 0.4) is 0 Å². The predicted octanol–water partition coefficient (Wildman–Crippen LogP) is 2.38. The van der Waals surface area contributed by atoms with E-state index in [9.17, 15) is 8.42 Å². The van der Waals surface area contributed by atoms with Crippen LogP contribution in [0.2, 0.25) is 0 Å². The Bertz CT molecular complexity index is 519. The zero-order valence-corrected chi connectivity index (χ0v) is 20.8. The van der Waals surface area contributed by atoms with Crippen molar-refractivity contribution in [3.05, 3.63) is 0 Å². The molecule has 0 aromatic rings. The van der Waals surface area contributed by atoms with Crippen molar-refractivity contribution in [3.8, 4) is 0 Å². The molecule has 1 aliphatic rings. The highest BCUT2D eigenvalue weighted by molar-refractivity contribution is 14.0. The lowest BCUT2D eigenvalue weighted by Crippen LogP contribution is -2.54. The van der Waals surface area contributed by atoms with Crippen LogP contribution < -0.4 is 5.32 Å². The van der Waals surface area contributed by atoms with Crippen LogP contribution in [0.15, 0.2) is 4.99 Å². The minimum atomic E-state index is -3.25. The molecule has 0 amide bonds. The molecule has 1 aliphatic heterocycles. The number of piperazine rings is 1. The van der Waals surface area contributed by atoms with Gasteiger partial charge in [0.1, 0.15) is 0 Å². The van der Waals surface area contributed by atoms with Crippen LogP contribution in [0.4, 0.5) is 0 Å². The Hall–Kier alpha value is -0.130. The first kappa shape index (κ1) is 26.9. The maximum atomic E-state index is 12.4. The molecular formula is C18H39IN4O3S. The second kappa shape index (κ2) is 13.9. The van der Waals surface area contributed by atoms with E-state index in [1.54, 1.807) is 11.4 Å². The fourth-order valence-corrected chi connectivity index (χ4v) is 4.19. The van der Waals surface area contributed by atoms with Crippen molar-refractivity contribution in [2.24, 2.45) is 10.9 Å². The lowest BCUT2D eigenvalue weighted by Gasteiger charge is -2.35.